The molecular formula is C25H27NO. The van der Waals surface area contributed by atoms with E-state index in [0.717, 1.165) is 16.8 Å². The van der Waals surface area contributed by atoms with Crippen molar-refractivity contribution in [1.82, 2.24) is 0 Å². The van der Waals surface area contributed by atoms with Gasteiger partial charge < -0.3 is 5.32 Å². The molecule has 0 fully saturated rings. The van der Waals surface area contributed by atoms with Gasteiger partial charge in [0.25, 0.3) is 0 Å². The van der Waals surface area contributed by atoms with Crippen LogP contribution in [-0.2, 0) is 4.79 Å². The lowest BCUT2D eigenvalue weighted by atomic mass is 9.84. The molecule has 0 aromatic heterocycles. The van der Waals surface area contributed by atoms with E-state index in [0.29, 0.717) is 0 Å². The molecular weight excluding hydrogens is 330 g/mol. The fourth-order valence-electron chi connectivity index (χ4n) is 3.69. The summed E-state index contributed by atoms with van der Waals surface area (Å²) in [4.78, 5) is 12.0. The zero-order valence-corrected chi connectivity index (χ0v) is 16.5. The van der Waals surface area contributed by atoms with Crippen molar-refractivity contribution < 1.29 is 4.79 Å². The second kappa shape index (κ2) is 8.22. The van der Waals surface area contributed by atoms with Gasteiger partial charge in [-0.3, -0.25) is 4.79 Å². The predicted octanol–water partition coefficient (Wildman–Crippen LogP) is 6.26. The van der Waals surface area contributed by atoms with Gasteiger partial charge in [0.2, 0.25) is 5.91 Å². The number of amides is 1. The van der Waals surface area contributed by atoms with Crippen molar-refractivity contribution in [3.05, 3.63) is 101 Å². The Balaban J connectivity index is 2.16. The molecule has 0 saturated heterocycles. The van der Waals surface area contributed by atoms with Crippen LogP contribution in [0.5, 0.6) is 0 Å². The maximum atomic E-state index is 12.0. The van der Waals surface area contributed by atoms with Gasteiger partial charge in [0.1, 0.15) is 0 Å². The molecule has 1 amide bonds. The molecule has 3 aromatic rings. The van der Waals surface area contributed by atoms with Gasteiger partial charge >= 0.3 is 0 Å². The first-order valence-corrected chi connectivity index (χ1v) is 9.49. The molecule has 0 aliphatic carbocycles. The van der Waals surface area contributed by atoms with Gasteiger partial charge in [0, 0.05) is 24.4 Å². The highest BCUT2D eigenvalue weighted by Gasteiger charge is 2.21. The van der Waals surface area contributed by atoms with Crippen LogP contribution in [-0.4, -0.2) is 5.91 Å². The molecule has 0 aliphatic rings. The normalized spacial score (nSPS) is 13.0. The van der Waals surface area contributed by atoms with Crippen LogP contribution in [0.15, 0.2) is 72.8 Å². The first kappa shape index (κ1) is 18.9. The summed E-state index contributed by atoms with van der Waals surface area (Å²) in [6, 6.07) is 25.3. The third kappa shape index (κ3) is 4.28. The second-order valence-electron chi connectivity index (χ2n) is 7.26. The first-order chi connectivity index (χ1) is 13.0. The van der Waals surface area contributed by atoms with Gasteiger partial charge in [-0.05, 0) is 29.2 Å². The van der Waals surface area contributed by atoms with Crippen molar-refractivity contribution in [2.75, 3.05) is 5.32 Å². The van der Waals surface area contributed by atoms with Crippen LogP contribution in [0.25, 0.3) is 0 Å². The minimum Gasteiger partial charge on any atom is -0.326 e. The summed E-state index contributed by atoms with van der Waals surface area (Å²) >= 11 is 0. The summed E-state index contributed by atoms with van der Waals surface area (Å²) in [5.74, 6) is 0.339. The Morgan fingerprint density at radius 1 is 0.778 bits per heavy atom. The van der Waals surface area contributed by atoms with Crippen molar-refractivity contribution >= 4 is 11.6 Å². The van der Waals surface area contributed by atoms with Crippen LogP contribution in [0.1, 0.15) is 60.4 Å². The fourth-order valence-corrected chi connectivity index (χ4v) is 3.69. The highest BCUT2D eigenvalue weighted by molar-refractivity contribution is 5.91. The number of aryl methyl sites for hydroxylation is 1. The summed E-state index contributed by atoms with van der Waals surface area (Å²) < 4.78 is 0. The van der Waals surface area contributed by atoms with Crippen molar-refractivity contribution in [3.63, 3.8) is 0 Å². The van der Waals surface area contributed by atoms with E-state index in [4.69, 9.17) is 0 Å². The van der Waals surface area contributed by atoms with E-state index in [1.54, 1.807) is 6.92 Å². The van der Waals surface area contributed by atoms with Crippen LogP contribution >= 0.6 is 0 Å². The predicted molar refractivity (Wildman–Crippen MR) is 113 cm³/mol. The van der Waals surface area contributed by atoms with Gasteiger partial charge in [-0.2, -0.15) is 0 Å². The molecule has 3 aromatic carbocycles. The second-order valence-corrected chi connectivity index (χ2v) is 7.26. The Hall–Kier alpha value is -2.87. The number of nitrogens with one attached hydrogen (secondary N) is 1. The molecule has 2 nitrogen and oxygen atoms in total. The van der Waals surface area contributed by atoms with E-state index < -0.39 is 0 Å². The number of anilines is 1. The topological polar surface area (TPSA) is 29.1 Å². The average Bonchev–Trinajstić information content (AvgIpc) is 2.69. The Morgan fingerprint density at radius 2 is 1.19 bits per heavy atom. The van der Waals surface area contributed by atoms with Crippen molar-refractivity contribution in [2.45, 2.75) is 39.5 Å². The van der Waals surface area contributed by atoms with Crippen molar-refractivity contribution in [2.24, 2.45) is 0 Å². The third-order valence-electron chi connectivity index (χ3n) is 5.18. The average molecular weight is 357 g/mol. The monoisotopic (exact) mass is 357 g/mol. The highest BCUT2D eigenvalue weighted by atomic mass is 16.1. The van der Waals surface area contributed by atoms with Crippen LogP contribution in [0.3, 0.4) is 0 Å². The molecule has 138 valence electrons. The molecule has 0 radical (unpaired) electrons. The maximum absolute atomic E-state index is 12.0. The maximum Gasteiger partial charge on any atom is 0.221 e. The minimum atomic E-state index is -0.0399. The molecule has 3 rings (SSSR count). The Morgan fingerprint density at radius 3 is 1.56 bits per heavy atom. The number of rotatable bonds is 5. The van der Waals surface area contributed by atoms with E-state index >= 15 is 0 Å². The number of benzene rings is 3. The molecule has 0 heterocycles. The van der Waals surface area contributed by atoms with Crippen molar-refractivity contribution in [1.29, 1.82) is 0 Å². The number of hydrogen-bond donors (Lipinski definition) is 1. The highest BCUT2D eigenvalue weighted by Crippen LogP contribution is 2.38. The lowest BCUT2D eigenvalue weighted by Crippen LogP contribution is -2.14. The lowest BCUT2D eigenvalue weighted by molar-refractivity contribution is -0.114. The Kier molecular flexibility index (Phi) is 5.75. The zero-order valence-electron chi connectivity index (χ0n) is 16.5. The largest absolute Gasteiger partial charge is 0.326 e. The van der Waals surface area contributed by atoms with Crippen LogP contribution < -0.4 is 5.32 Å². The lowest BCUT2D eigenvalue weighted by Gasteiger charge is -2.24. The van der Waals surface area contributed by atoms with Gasteiger partial charge in [0.15, 0.2) is 0 Å². The quantitative estimate of drug-likeness (QED) is 0.574. The number of hydrogen-bond acceptors (Lipinski definition) is 1. The minimum absolute atomic E-state index is 0.0399. The summed E-state index contributed by atoms with van der Waals surface area (Å²) in [7, 11) is 0. The molecule has 0 aliphatic heterocycles. The summed E-state index contributed by atoms with van der Waals surface area (Å²) in [5.41, 5.74) is 6.96. The number of carbonyl (C=O) groups is 1. The van der Waals surface area contributed by atoms with E-state index in [-0.39, 0.29) is 17.7 Å². The van der Waals surface area contributed by atoms with Gasteiger partial charge in [-0.15, -0.1) is 0 Å². The molecule has 0 unspecified atom stereocenters. The molecule has 2 heteroatoms. The molecule has 0 spiro atoms. The molecule has 0 bridgehead atoms. The van der Waals surface area contributed by atoms with Gasteiger partial charge in [-0.1, -0.05) is 92.2 Å². The smallest absolute Gasteiger partial charge is 0.221 e. The van der Waals surface area contributed by atoms with Gasteiger partial charge in [0.05, 0.1) is 0 Å². The molecule has 1 N–H and O–H groups in total. The molecule has 0 saturated carbocycles. The first-order valence-electron chi connectivity index (χ1n) is 9.49. The summed E-state index contributed by atoms with van der Waals surface area (Å²) in [6.45, 7) is 8.10. The standard InChI is InChI=1S/C25H27NO/c1-17-15-23(18(2)21-11-7-5-8-12-21)25(26-20(4)27)24(16-17)19(3)22-13-9-6-10-14-22/h5-16,18-19H,1-4H3,(H,26,27)/t18-,19-/m0/s1. The summed E-state index contributed by atoms with van der Waals surface area (Å²) in [5, 5.41) is 3.13. The summed E-state index contributed by atoms with van der Waals surface area (Å²) in [6.07, 6.45) is 0. The van der Waals surface area contributed by atoms with Crippen LogP contribution in [0.4, 0.5) is 5.69 Å². The van der Waals surface area contributed by atoms with E-state index in [2.05, 4.69) is 86.8 Å². The van der Waals surface area contributed by atoms with Crippen LogP contribution in [0, 0.1) is 6.92 Å². The van der Waals surface area contributed by atoms with E-state index in [1.807, 2.05) is 12.1 Å². The number of carbonyl (C=O) groups excluding carboxylic acids is 1. The third-order valence-corrected chi connectivity index (χ3v) is 5.18. The fraction of sp³-hybridized carbons (Fsp3) is 0.240. The zero-order chi connectivity index (χ0) is 19.4. The van der Waals surface area contributed by atoms with E-state index in [1.165, 1.54) is 16.7 Å². The van der Waals surface area contributed by atoms with Crippen molar-refractivity contribution in [3.8, 4) is 0 Å². The Bertz CT molecular complexity index is 849. The molecule has 2 atom stereocenters. The van der Waals surface area contributed by atoms with E-state index in [9.17, 15) is 4.79 Å². The van der Waals surface area contributed by atoms with Crippen LogP contribution in [0.2, 0.25) is 0 Å². The molecule has 27 heavy (non-hydrogen) atoms. The van der Waals surface area contributed by atoms with Gasteiger partial charge in [-0.25, -0.2) is 0 Å². The SMILES string of the molecule is CC(=O)Nc1c([C@@H](C)c2ccccc2)cc(C)cc1[C@@H](C)c1ccccc1. The Labute approximate surface area is 162 Å².